The number of halogens is 3. The van der Waals surface area contributed by atoms with Crippen LogP contribution in [0.3, 0.4) is 0 Å². The second kappa shape index (κ2) is 10.6. The molecule has 0 saturated carbocycles. The van der Waals surface area contributed by atoms with Gasteiger partial charge in [-0.15, -0.1) is 0 Å². The van der Waals surface area contributed by atoms with Crippen molar-refractivity contribution in [1.29, 1.82) is 0 Å². The summed E-state index contributed by atoms with van der Waals surface area (Å²) in [6.07, 6.45) is 1.59. The van der Waals surface area contributed by atoms with E-state index in [-0.39, 0.29) is 12.0 Å². The third-order valence-corrected chi connectivity index (χ3v) is 6.50. The largest absolute Gasteiger partial charge is 0.417 e. The molecule has 3 nitrogen and oxygen atoms in total. The molecule has 35 heavy (non-hydrogen) atoms. The zero-order chi connectivity index (χ0) is 25.8. The topological polar surface area (TPSA) is 37.8 Å². The van der Waals surface area contributed by atoms with Crippen molar-refractivity contribution >= 4 is 0 Å². The minimum Gasteiger partial charge on any atom is -0.385 e. The first-order valence-electron chi connectivity index (χ1n) is 11.8. The number of hydrogen-bond acceptors (Lipinski definition) is 3. The lowest BCUT2D eigenvalue weighted by Crippen LogP contribution is -2.38. The highest BCUT2D eigenvalue weighted by Gasteiger charge is 2.32. The van der Waals surface area contributed by atoms with Crippen LogP contribution in [0.5, 0.6) is 0 Å². The van der Waals surface area contributed by atoms with Crippen LogP contribution >= 0.6 is 0 Å². The second-order valence-electron chi connectivity index (χ2n) is 10.1. The smallest absolute Gasteiger partial charge is 0.385 e. The van der Waals surface area contributed by atoms with Gasteiger partial charge in [0, 0.05) is 53.8 Å². The maximum Gasteiger partial charge on any atom is 0.417 e. The van der Waals surface area contributed by atoms with E-state index in [4.69, 9.17) is 0 Å². The summed E-state index contributed by atoms with van der Waals surface area (Å²) in [6, 6.07) is 13.3. The molecule has 0 spiro atoms. The fourth-order valence-corrected chi connectivity index (χ4v) is 4.17. The number of nitrogens with zero attached hydrogens (tertiary/aromatic N) is 2. The maximum atomic E-state index is 12.9. The molecule has 0 radical (unpaired) electrons. The minimum atomic E-state index is -4.39. The van der Waals surface area contributed by atoms with E-state index in [0.29, 0.717) is 12.1 Å². The second-order valence-corrected chi connectivity index (χ2v) is 10.1. The van der Waals surface area contributed by atoms with Crippen LogP contribution in [0.1, 0.15) is 60.2 Å². The molecule has 3 rings (SSSR count). The molecule has 0 saturated heterocycles. The van der Waals surface area contributed by atoms with E-state index in [0.717, 1.165) is 35.5 Å². The number of aromatic nitrogens is 2. The van der Waals surface area contributed by atoms with Crippen LogP contribution in [0.4, 0.5) is 13.2 Å². The highest BCUT2D eigenvalue weighted by Crippen LogP contribution is 2.33. The Kier molecular flexibility index (Phi) is 8.04. The average Bonchev–Trinajstić information content (AvgIpc) is 2.78. The summed E-state index contributed by atoms with van der Waals surface area (Å²) in [6.45, 7) is 14.6. The summed E-state index contributed by atoms with van der Waals surface area (Å²) in [5.74, 6) is 0.154. The molecule has 3 aromatic rings. The standard InChI is InChI=1S/C29H34F3N3/c1-19-7-9-23(10-8-19)14-27(24-13-20(2)16-33-17-24)21(3)35-22(4)28(5,6)15-26-12-11-25(18-34-26)29(30,31)32/h7-13,16-18,21,27,35H,4,14-15H2,1-3,5-6H3. The van der Waals surface area contributed by atoms with Crippen LogP contribution in [0.25, 0.3) is 0 Å². The van der Waals surface area contributed by atoms with E-state index in [2.05, 4.69) is 66.0 Å². The number of aryl methyl sites for hydroxylation is 2. The van der Waals surface area contributed by atoms with Crippen molar-refractivity contribution in [2.45, 2.75) is 65.6 Å². The molecule has 0 aliphatic rings. The van der Waals surface area contributed by atoms with Crippen molar-refractivity contribution in [3.05, 3.63) is 107 Å². The summed E-state index contributed by atoms with van der Waals surface area (Å²) >= 11 is 0. The lowest BCUT2D eigenvalue weighted by atomic mass is 9.82. The molecule has 0 amide bonds. The molecule has 1 N–H and O–H groups in total. The van der Waals surface area contributed by atoms with E-state index in [1.807, 2.05) is 33.2 Å². The number of allylic oxidation sites excluding steroid dienone is 1. The highest BCUT2D eigenvalue weighted by molar-refractivity contribution is 5.29. The van der Waals surface area contributed by atoms with Crippen LogP contribution in [0, 0.1) is 19.3 Å². The summed E-state index contributed by atoms with van der Waals surface area (Å²) in [5.41, 5.74) is 4.99. The summed E-state index contributed by atoms with van der Waals surface area (Å²) in [7, 11) is 0. The Labute approximate surface area is 206 Å². The van der Waals surface area contributed by atoms with Gasteiger partial charge in [-0.25, -0.2) is 0 Å². The predicted molar refractivity (Wildman–Crippen MR) is 135 cm³/mol. The molecule has 2 atom stereocenters. The Morgan fingerprint density at radius 2 is 1.66 bits per heavy atom. The molecule has 0 fully saturated rings. The van der Waals surface area contributed by atoms with Crippen LogP contribution in [-0.4, -0.2) is 16.0 Å². The van der Waals surface area contributed by atoms with E-state index in [1.54, 1.807) is 0 Å². The Morgan fingerprint density at radius 3 is 2.23 bits per heavy atom. The predicted octanol–water partition coefficient (Wildman–Crippen LogP) is 7.20. The lowest BCUT2D eigenvalue weighted by Gasteiger charge is -2.34. The molecule has 0 bridgehead atoms. The van der Waals surface area contributed by atoms with Crippen molar-refractivity contribution < 1.29 is 13.2 Å². The van der Waals surface area contributed by atoms with Crippen molar-refractivity contribution in [3.63, 3.8) is 0 Å². The summed E-state index contributed by atoms with van der Waals surface area (Å²) in [5, 5.41) is 3.60. The number of alkyl halides is 3. The summed E-state index contributed by atoms with van der Waals surface area (Å²) in [4.78, 5) is 8.46. The van der Waals surface area contributed by atoms with Gasteiger partial charge in [-0.1, -0.05) is 56.3 Å². The molecule has 186 valence electrons. The zero-order valence-electron chi connectivity index (χ0n) is 21.1. The van der Waals surface area contributed by atoms with Gasteiger partial charge in [0.15, 0.2) is 0 Å². The van der Waals surface area contributed by atoms with Crippen molar-refractivity contribution in [1.82, 2.24) is 15.3 Å². The van der Waals surface area contributed by atoms with Gasteiger partial charge in [0.25, 0.3) is 0 Å². The van der Waals surface area contributed by atoms with E-state index < -0.39 is 17.2 Å². The van der Waals surface area contributed by atoms with Crippen LogP contribution in [0.2, 0.25) is 0 Å². The Hall–Kier alpha value is -3.15. The Morgan fingerprint density at radius 1 is 0.971 bits per heavy atom. The summed E-state index contributed by atoms with van der Waals surface area (Å²) < 4.78 is 38.6. The van der Waals surface area contributed by atoms with Gasteiger partial charge in [0.1, 0.15) is 0 Å². The van der Waals surface area contributed by atoms with Crippen molar-refractivity contribution in [3.8, 4) is 0 Å². The van der Waals surface area contributed by atoms with Gasteiger partial charge in [0.2, 0.25) is 0 Å². The number of rotatable bonds is 9. The number of pyridine rings is 2. The fourth-order valence-electron chi connectivity index (χ4n) is 4.17. The number of hydrogen-bond donors (Lipinski definition) is 1. The van der Waals surface area contributed by atoms with Crippen LogP contribution < -0.4 is 5.32 Å². The molecule has 2 unspecified atom stereocenters. The molecular weight excluding hydrogens is 447 g/mol. The van der Waals surface area contributed by atoms with E-state index >= 15 is 0 Å². The quantitative estimate of drug-likeness (QED) is 0.351. The van der Waals surface area contributed by atoms with Crippen molar-refractivity contribution in [2.75, 3.05) is 0 Å². The van der Waals surface area contributed by atoms with Crippen LogP contribution in [-0.2, 0) is 19.0 Å². The van der Waals surface area contributed by atoms with E-state index in [1.165, 1.54) is 17.2 Å². The molecule has 6 heteroatoms. The first-order valence-corrected chi connectivity index (χ1v) is 11.8. The maximum absolute atomic E-state index is 12.9. The lowest BCUT2D eigenvalue weighted by molar-refractivity contribution is -0.137. The first kappa shape index (κ1) is 26.5. The third kappa shape index (κ3) is 7.17. The fraction of sp³-hybridized carbons (Fsp3) is 0.379. The number of nitrogens with one attached hydrogen (secondary N) is 1. The first-order chi connectivity index (χ1) is 16.3. The molecule has 2 heterocycles. The van der Waals surface area contributed by atoms with Gasteiger partial charge >= 0.3 is 6.18 Å². The van der Waals surface area contributed by atoms with Gasteiger partial charge in [-0.2, -0.15) is 13.2 Å². The molecule has 2 aromatic heterocycles. The monoisotopic (exact) mass is 481 g/mol. The van der Waals surface area contributed by atoms with Gasteiger partial charge in [-0.3, -0.25) is 9.97 Å². The average molecular weight is 482 g/mol. The Balaban J connectivity index is 1.76. The highest BCUT2D eigenvalue weighted by atomic mass is 19.4. The zero-order valence-corrected chi connectivity index (χ0v) is 21.1. The molecule has 0 aliphatic carbocycles. The third-order valence-electron chi connectivity index (χ3n) is 6.50. The van der Waals surface area contributed by atoms with Gasteiger partial charge < -0.3 is 5.32 Å². The normalized spacial score (nSPS) is 13.8. The van der Waals surface area contributed by atoms with Gasteiger partial charge in [-0.05, 0) is 56.0 Å². The molecule has 1 aromatic carbocycles. The van der Waals surface area contributed by atoms with Crippen LogP contribution in [0.15, 0.2) is 73.3 Å². The molecular formula is C29H34F3N3. The molecule has 0 aliphatic heterocycles. The SMILES string of the molecule is C=C(NC(C)C(Cc1ccc(C)cc1)c1cncc(C)c1)C(C)(C)Cc1ccc(C(F)(F)F)cn1. The van der Waals surface area contributed by atoms with E-state index in [9.17, 15) is 13.2 Å². The Bertz CT molecular complexity index is 1130. The van der Waals surface area contributed by atoms with Crippen molar-refractivity contribution in [2.24, 2.45) is 5.41 Å². The van der Waals surface area contributed by atoms with Gasteiger partial charge in [0.05, 0.1) is 5.56 Å². The number of benzene rings is 1. The minimum absolute atomic E-state index is 0.0484.